The number of hydrogen-bond acceptors (Lipinski definition) is 5. The molecule has 0 aromatic carbocycles. The lowest BCUT2D eigenvalue weighted by molar-refractivity contribution is 0.477. The minimum absolute atomic E-state index is 0.582. The van der Waals surface area contributed by atoms with Crippen molar-refractivity contribution in [3.8, 4) is 0 Å². The van der Waals surface area contributed by atoms with E-state index in [2.05, 4.69) is 68.0 Å². The van der Waals surface area contributed by atoms with E-state index in [1.165, 1.54) is 4.88 Å². The van der Waals surface area contributed by atoms with E-state index >= 15 is 0 Å². The van der Waals surface area contributed by atoms with Gasteiger partial charge < -0.3 is 15.2 Å². The van der Waals surface area contributed by atoms with Gasteiger partial charge in [-0.3, -0.25) is 4.99 Å². The van der Waals surface area contributed by atoms with Gasteiger partial charge in [0.05, 0.1) is 6.54 Å². The van der Waals surface area contributed by atoms with E-state index in [1.54, 1.807) is 30.1 Å². The number of aromatic nitrogens is 3. The van der Waals surface area contributed by atoms with Crippen molar-refractivity contribution in [2.75, 3.05) is 19.8 Å². The molecule has 0 radical (unpaired) electrons. The van der Waals surface area contributed by atoms with Gasteiger partial charge in [0.2, 0.25) is 0 Å². The van der Waals surface area contributed by atoms with Gasteiger partial charge in [-0.1, -0.05) is 31.7 Å². The first-order chi connectivity index (χ1) is 12.1. The molecular formula is C17H28N6S2. The Morgan fingerprint density at radius 1 is 1.36 bits per heavy atom. The quantitative estimate of drug-likeness (QED) is 0.303. The van der Waals surface area contributed by atoms with Gasteiger partial charge in [0.15, 0.2) is 11.1 Å². The summed E-state index contributed by atoms with van der Waals surface area (Å²) in [7, 11) is 1.80. The average molecular weight is 381 g/mol. The molecule has 0 aliphatic heterocycles. The maximum absolute atomic E-state index is 4.37. The van der Waals surface area contributed by atoms with Crippen LogP contribution in [0, 0.1) is 5.92 Å². The molecule has 0 saturated carbocycles. The molecule has 0 saturated heterocycles. The molecule has 0 spiro atoms. The van der Waals surface area contributed by atoms with Gasteiger partial charge in [-0.2, -0.15) is 0 Å². The number of aliphatic imine (C=N–C) groups is 1. The van der Waals surface area contributed by atoms with Crippen LogP contribution in [0.5, 0.6) is 0 Å². The molecule has 2 aromatic heterocycles. The zero-order valence-electron chi connectivity index (χ0n) is 15.5. The summed E-state index contributed by atoms with van der Waals surface area (Å²) in [6.07, 6.45) is 3.95. The Balaban J connectivity index is 1.77. The molecule has 0 fully saturated rings. The highest BCUT2D eigenvalue weighted by molar-refractivity contribution is 7.98. The van der Waals surface area contributed by atoms with Crippen molar-refractivity contribution in [1.29, 1.82) is 0 Å². The summed E-state index contributed by atoms with van der Waals surface area (Å²) < 4.78 is 2.25. The van der Waals surface area contributed by atoms with Gasteiger partial charge >= 0.3 is 0 Å². The van der Waals surface area contributed by atoms with Crippen LogP contribution in [0.4, 0.5) is 0 Å². The number of nitrogens with zero attached hydrogens (tertiary/aromatic N) is 4. The van der Waals surface area contributed by atoms with Gasteiger partial charge in [-0.15, -0.1) is 21.5 Å². The molecule has 138 valence electrons. The Hall–Kier alpha value is -1.54. The van der Waals surface area contributed by atoms with E-state index in [0.29, 0.717) is 5.92 Å². The molecule has 0 atom stereocenters. The van der Waals surface area contributed by atoms with Crippen LogP contribution in [0.15, 0.2) is 27.7 Å². The molecular weight excluding hydrogens is 352 g/mol. The Kier molecular flexibility index (Phi) is 8.27. The van der Waals surface area contributed by atoms with Crippen molar-refractivity contribution < 1.29 is 0 Å². The van der Waals surface area contributed by atoms with Crippen LogP contribution in [-0.4, -0.2) is 40.6 Å². The molecule has 0 bridgehead atoms. The topological polar surface area (TPSA) is 67.1 Å². The molecule has 2 aromatic rings. The van der Waals surface area contributed by atoms with Gasteiger partial charge in [0.1, 0.15) is 5.82 Å². The van der Waals surface area contributed by atoms with E-state index in [4.69, 9.17) is 0 Å². The molecule has 0 aliphatic rings. The maximum Gasteiger partial charge on any atom is 0.191 e. The molecule has 0 amide bonds. The monoisotopic (exact) mass is 380 g/mol. The number of aryl methyl sites for hydroxylation is 1. The summed E-state index contributed by atoms with van der Waals surface area (Å²) in [5, 5.41) is 18.5. The van der Waals surface area contributed by atoms with Crippen molar-refractivity contribution in [2.45, 2.75) is 44.9 Å². The molecule has 8 heteroatoms. The van der Waals surface area contributed by atoms with Crippen molar-refractivity contribution in [3.63, 3.8) is 0 Å². The molecule has 0 aliphatic carbocycles. The molecule has 25 heavy (non-hydrogen) atoms. The summed E-state index contributed by atoms with van der Waals surface area (Å²) in [5.74, 6) is 2.49. The molecule has 0 unspecified atom stereocenters. The predicted octanol–water partition coefficient (Wildman–Crippen LogP) is 3.02. The summed E-state index contributed by atoms with van der Waals surface area (Å²) in [5.41, 5.74) is 0. The Labute approximate surface area is 158 Å². The van der Waals surface area contributed by atoms with E-state index in [1.807, 2.05) is 0 Å². The number of nitrogens with one attached hydrogen (secondary N) is 2. The molecule has 6 nitrogen and oxygen atoms in total. The Bertz CT molecular complexity index is 648. The second-order valence-electron chi connectivity index (χ2n) is 6.14. The first-order valence-electron chi connectivity index (χ1n) is 8.57. The van der Waals surface area contributed by atoms with Crippen molar-refractivity contribution >= 4 is 29.1 Å². The van der Waals surface area contributed by atoms with E-state index in [0.717, 1.165) is 49.4 Å². The third kappa shape index (κ3) is 6.36. The lowest BCUT2D eigenvalue weighted by atomic mass is 10.2. The first-order valence-corrected chi connectivity index (χ1v) is 10.7. The minimum Gasteiger partial charge on any atom is -0.356 e. The van der Waals surface area contributed by atoms with Crippen LogP contribution in [0.2, 0.25) is 0 Å². The Morgan fingerprint density at radius 3 is 2.84 bits per heavy atom. The lowest BCUT2D eigenvalue weighted by Crippen LogP contribution is -2.37. The zero-order valence-corrected chi connectivity index (χ0v) is 17.1. The summed E-state index contributed by atoms with van der Waals surface area (Å²) in [6, 6.07) is 4.18. The van der Waals surface area contributed by atoms with Crippen LogP contribution < -0.4 is 10.6 Å². The highest BCUT2D eigenvalue weighted by Gasteiger charge is 2.12. The highest BCUT2D eigenvalue weighted by Crippen LogP contribution is 2.16. The van der Waals surface area contributed by atoms with Crippen molar-refractivity contribution in [2.24, 2.45) is 10.9 Å². The van der Waals surface area contributed by atoms with Crippen molar-refractivity contribution in [1.82, 2.24) is 25.4 Å². The summed E-state index contributed by atoms with van der Waals surface area (Å²) in [4.78, 5) is 5.57. The SMILES string of the molecule is CN=C(NCCCc1nnc(SC)n1CC(C)C)NCc1cccs1. The number of thiophene rings is 1. The molecule has 2 N–H and O–H groups in total. The number of guanidine groups is 1. The summed E-state index contributed by atoms with van der Waals surface area (Å²) >= 11 is 3.40. The lowest BCUT2D eigenvalue weighted by Gasteiger charge is -2.13. The fraction of sp³-hybridized carbons (Fsp3) is 0.588. The molecule has 2 heterocycles. The van der Waals surface area contributed by atoms with Gasteiger partial charge in [0.25, 0.3) is 0 Å². The van der Waals surface area contributed by atoms with E-state index < -0.39 is 0 Å². The van der Waals surface area contributed by atoms with Crippen LogP contribution in [-0.2, 0) is 19.5 Å². The number of hydrogen-bond donors (Lipinski definition) is 2. The number of rotatable bonds is 9. The second-order valence-corrected chi connectivity index (χ2v) is 7.95. The second kappa shape index (κ2) is 10.5. The third-order valence-corrected chi connectivity index (χ3v) is 5.17. The highest BCUT2D eigenvalue weighted by atomic mass is 32.2. The van der Waals surface area contributed by atoms with Crippen LogP contribution in [0.25, 0.3) is 0 Å². The largest absolute Gasteiger partial charge is 0.356 e. The van der Waals surface area contributed by atoms with Crippen LogP contribution in [0.1, 0.15) is 31.0 Å². The van der Waals surface area contributed by atoms with Gasteiger partial charge in [-0.05, 0) is 30.0 Å². The fourth-order valence-electron chi connectivity index (χ4n) is 2.46. The third-order valence-electron chi connectivity index (χ3n) is 3.63. The first kappa shape index (κ1) is 19.8. The smallest absolute Gasteiger partial charge is 0.191 e. The average Bonchev–Trinajstić information content (AvgIpc) is 3.24. The number of thioether (sulfide) groups is 1. The standard InChI is InChI=1S/C17H28N6S2/c1-13(2)12-23-15(21-22-17(23)24-4)8-5-9-19-16(18-3)20-11-14-7-6-10-25-14/h6-7,10,13H,5,8-9,11-12H2,1-4H3,(H2,18,19,20). The fourth-order valence-corrected chi connectivity index (χ4v) is 3.63. The van der Waals surface area contributed by atoms with E-state index in [-0.39, 0.29) is 0 Å². The van der Waals surface area contributed by atoms with Gasteiger partial charge in [0, 0.05) is 31.4 Å². The Morgan fingerprint density at radius 2 is 2.20 bits per heavy atom. The zero-order chi connectivity index (χ0) is 18.1. The normalized spacial score (nSPS) is 12.0. The summed E-state index contributed by atoms with van der Waals surface area (Å²) in [6.45, 7) is 7.07. The maximum atomic E-state index is 4.37. The van der Waals surface area contributed by atoms with Gasteiger partial charge in [-0.25, -0.2) is 0 Å². The van der Waals surface area contributed by atoms with E-state index in [9.17, 15) is 0 Å². The van der Waals surface area contributed by atoms with Crippen LogP contribution in [0.3, 0.4) is 0 Å². The minimum atomic E-state index is 0.582. The predicted molar refractivity (Wildman–Crippen MR) is 107 cm³/mol. The van der Waals surface area contributed by atoms with Crippen LogP contribution >= 0.6 is 23.1 Å². The molecule has 2 rings (SSSR count). The van der Waals surface area contributed by atoms with Crippen molar-refractivity contribution in [3.05, 3.63) is 28.2 Å².